The molecule has 0 saturated heterocycles. The number of nitriles is 1. The van der Waals surface area contributed by atoms with Gasteiger partial charge in [0.2, 0.25) is 5.88 Å². The number of carbonyl (C=O) groups excluding carboxylic acids is 1. The normalized spacial score (nSPS) is 13.9. The predicted molar refractivity (Wildman–Crippen MR) is 141 cm³/mol. The Labute approximate surface area is 227 Å². The minimum atomic E-state index is -0.910. The molecule has 0 aromatic heterocycles. The van der Waals surface area contributed by atoms with Gasteiger partial charge in [0.25, 0.3) is 5.69 Å². The SMILES string of the molecule is N#CC1=C(N)Oc2cc(OC(=O)c3ccccc3[N+](=O)[O-])ccc2C1c1cccc(OCc2ccc(F)cc2)c1. The maximum Gasteiger partial charge on any atom is 0.350 e. The van der Waals surface area contributed by atoms with Crippen LogP contribution in [-0.2, 0) is 6.61 Å². The first-order valence-corrected chi connectivity index (χ1v) is 12.0. The van der Waals surface area contributed by atoms with Crippen molar-refractivity contribution < 1.29 is 28.3 Å². The molecule has 9 nitrogen and oxygen atoms in total. The van der Waals surface area contributed by atoms with E-state index in [-0.39, 0.29) is 46.6 Å². The first-order valence-electron chi connectivity index (χ1n) is 12.0. The van der Waals surface area contributed by atoms with E-state index in [1.54, 1.807) is 36.4 Å². The number of nitro groups is 1. The first-order chi connectivity index (χ1) is 19.3. The third-order valence-corrected chi connectivity index (χ3v) is 6.23. The Morgan fingerprint density at radius 1 is 1.02 bits per heavy atom. The number of nitro benzene ring substituents is 1. The molecule has 1 unspecified atom stereocenters. The minimum Gasteiger partial charge on any atom is -0.489 e. The summed E-state index contributed by atoms with van der Waals surface area (Å²) in [6.45, 7) is 0.214. The summed E-state index contributed by atoms with van der Waals surface area (Å²) in [7, 11) is 0. The number of nitrogens with zero attached hydrogens (tertiary/aromatic N) is 2. The van der Waals surface area contributed by atoms with Crippen LogP contribution >= 0.6 is 0 Å². The van der Waals surface area contributed by atoms with Crippen LogP contribution in [0.2, 0.25) is 0 Å². The van der Waals surface area contributed by atoms with Gasteiger partial charge >= 0.3 is 5.97 Å². The van der Waals surface area contributed by atoms with Crippen molar-refractivity contribution in [2.75, 3.05) is 0 Å². The monoisotopic (exact) mass is 537 g/mol. The maximum atomic E-state index is 13.2. The molecular weight excluding hydrogens is 517 g/mol. The zero-order chi connectivity index (χ0) is 28.2. The van der Waals surface area contributed by atoms with Crippen LogP contribution in [0.3, 0.4) is 0 Å². The number of fused-ring (bicyclic) bond motifs is 1. The molecular formula is C30H20FN3O6. The molecule has 198 valence electrons. The first kappa shape index (κ1) is 25.9. The maximum absolute atomic E-state index is 13.2. The number of nitrogens with two attached hydrogens (primary N) is 1. The lowest BCUT2D eigenvalue weighted by molar-refractivity contribution is -0.385. The summed E-state index contributed by atoms with van der Waals surface area (Å²) in [5, 5.41) is 21.2. The molecule has 0 fully saturated rings. The Hall–Kier alpha value is -5.69. The van der Waals surface area contributed by atoms with Gasteiger partial charge in [-0.3, -0.25) is 10.1 Å². The Morgan fingerprint density at radius 3 is 2.55 bits per heavy atom. The standard InChI is InChI=1S/C30H20FN3O6/c31-20-10-8-18(9-11-20)17-38-21-5-3-4-19(14-21)28-24-13-12-22(15-27(24)40-29(33)25(28)16-32)39-30(35)23-6-1-2-7-26(23)34(36)37/h1-15,28H,17,33H2. The minimum absolute atomic E-state index is 0.0743. The van der Waals surface area contributed by atoms with Gasteiger partial charge in [-0.2, -0.15) is 5.26 Å². The number of hydrogen-bond acceptors (Lipinski definition) is 8. The van der Waals surface area contributed by atoms with E-state index in [1.807, 2.05) is 6.07 Å². The van der Waals surface area contributed by atoms with E-state index in [2.05, 4.69) is 6.07 Å². The highest BCUT2D eigenvalue weighted by molar-refractivity contribution is 5.95. The number of rotatable bonds is 7. The number of halogens is 1. The lowest BCUT2D eigenvalue weighted by Gasteiger charge is -2.27. The van der Waals surface area contributed by atoms with Gasteiger partial charge in [0, 0.05) is 17.7 Å². The van der Waals surface area contributed by atoms with Crippen molar-refractivity contribution in [3.05, 3.63) is 141 Å². The average Bonchev–Trinajstić information content (AvgIpc) is 2.96. The fourth-order valence-corrected chi connectivity index (χ4v) is 4.34. The van der Waals surface area contributed by atoms with Crippen molar-refractivity contribution in [3.63, 3.8) is 0 Å². The zero-order valence-electron chi connectivity index (χ0n) is 20.7. The molecule has 0 amide bonds. The van der Waals surface area contributed by atoms with Crippen LogP contribution in [0, 0.1) is 27.3 Å². The topological polar surface area (TPSA) is 138 Å². The molecule has 10 heteroatoms. The molecule has 0 bridgehead atoms. The lowest BCUT2D eigenvalue weighted by Crippen LogP contribution is -2.21. The van der Waals surface area contributed by atoms with Crippen LogP contribution in [-0.4, -0.2) is 10.9 Å². The van der Waals surface area contributed by atoms with E-state index in [1.165, 1.54) is 48.5 Å². The molecule has 1 aliphatic heterocycles. The molecule has 0 aliphatic carbocycles. The Morgan fingerprint density at radius 2 is 1.80 bits per heavy atom. The fraction of sp³-hybridized carbons (Fsp3) is 0.0667. The average molecular weight is 538 g/mol. The summed E-state index contributed by atoms with van der Waals surface area (Å²) in [6.07, 6.45) is 0. The van der Waals surface area contributed by atoms with E-state index in [9.17, 15) is 24.6 Å². The lowest BCUT2D eigenvalue weighted by atomic mass is 9.83. The molecule has 2 N–H and O–H groups in total. The third kappa shape index (κ3) is 5.30. The van der Waals surface area contributed by atoms with Crippen LogP contribution in [0.1, 0.15) is 33.0 Å². The number of ether oxygens (including phenoxy) is 3. The van der Waals surface area contributed by atoms with Crippen LogP contribution < -0.4 is 19.9 Å². The number of esters is 1. The smallest absolute Gasteiger partial charge is 0.350 e. The van der Waals surface area contributed by atoms with Gasteiger partial charge < -0.3 is 19.9 Å². The Balaban J connectivity index is 1.42. The zero-order valence-corrected chi connectivity index (χ0v) is 20.7. The molecule has 0 spiro atoms. The summed E-state index contributed by atoms with van der Waals surface area (Å²) >= 11 is 0. The fourth-order valence-electron chi connectivity index (χ4n) is 4.34. The quantitative estimate of drug-likeness (QED) is 0.136. The molecule has 0 saturated carbocycles. The molecule has 1 aliphatic rings. The molecule has 4 aromatic rings. The van der Waals surface area contributed by atoms with E-state index in [4.69, 9.17) is 19.9 Å². The predicted octanol–water partition coefficient (Wildman–Crippen LogP) is 5.75. The van der Waals surface area contributed by atoms with E-state index in [0.29, 0.717) is 16.9 Å². The Kier molecular flexibility index (Phi) is 7.11. The molecule has 1 atom stereocenters. The van der Waals surface area contributed by atoms with Crippen molar-refractivity contribution in [3.8, 4) is 23.3 Å². The van der Waals surface area contributed by atoms with Gasteiger partial charge in [-0.25, -0.2) is 9.18 Å². The summed E-state index contributed by atoms with van der Waals surface area (Å²) in [5.41, 5.74) is 7.78. The molecule has 5 rings (SSSR count). The van der Waals surface area contributed by atoms with Gasteiger partial charge in [-0.15, -0.1) is 0 Å². The van der Waals surface area contributed by atoms with Crippen molar-refractivity contribution in [2.45, 2.75) is 12.5 Å². The van der Waals surface area contributed by atoms with Crippen LogP contribution in [0.5, 0.6) is 17.2 Å². The van der Waals surface area contributed by atoms with Crippen LogP contribution in [0.25, 0.3) is 0 Å². The van der Waals surface area contributed by atoms with Crippen molar-refractivity contribution in [2.24, 2.45) is 5.73 Å². The molecule has 1 heterocycles. The van der Waals surface area contributed by atoms with Gasteiger partial charge in [0.15, 0.2) is 0 Å². The number of para-hydroxylation sites is 1. The van der Waals surface area contributed by atoms with Gasteiger partial charge in [0.05, 0.1) is 10.8 Å². The second kappa shape index (κ2) is 11.0. The van der Waals surface area contributed by atoms with Crippen LogP contribution in [0.15, 0.2) is 102 Å². The second-order valence-corrected chi connectivity index (χ2v) is 8.78. The van der Waals surface area contributed by atoms with Gasteiger partial charge in [-0.1, -0.05) is 42.5 Å². The highest BCUT2D eigenvalue weighted by atomic mass is 19.1. The number of carbonyl (C=O) groups is 1. The third-order valence-electron chi connectivity index (χ3n) is 6.23. The Bertz CT molecular complexity index is 1690. The highest BCUT2D eigenvalue weighted by Gasteiger charge is 2.31. The number of allylic oxidation sites excluding steroid dienone is 1. The summed E-state index contributed by atoms with van der Waals surface area (Å²) in [6, 6.07) is 25.3. The summed E-state index contributed by atoms with van der Waals surface area (Å²) in [4.78, 5) is 23.3. The largest absolute Gasteiger partial charge is 0.489 e. The highest BCUT2D eigenvalue weighted by Crippen LogP contribution is 2.44. The number of benzene rings is 4. The van der Waals surface area contributed by atoms with Gasteiger partial charge in [-0.05, 0) is 47.5 Å². The van der Waals surface area contributed by atoms with Crippen molar-refractivity contribution in [1.82, 2.24) is 0 Å². The summed E-state index contributed by atoms with van der Waals surface area (Å²) < 4.78 is 30.2. The van der Waals surface area contributed by atoms with Crippen molar-refractivity contribution in [1.29, 1.82) is 5.26 Å². The summed E-state index contributed by atoms with van der Waals surface area (Å²) in [5.74, 6) is -1.11. The molecule has 0 radical (unpaired) electrons. The van der Waals surface area contributed by atoms with E-state index in [0.717, 1.165) is 5.56 Å². The van der Waals surface area contributed by atoms with E-state index < -0.39 is 16.8 Å². The second-order valence-electron chi connectivity index (χ2n) is 8.78. The molecule has 4 aromatic carbocycles. The molecule has 40 heavy (non-hydrogen) atoms. The van der Waals surface area contributed by atoms with Crippen LogP contribution in [0.4, 0.5) is 10.1 Å². The van der Waals surface area contributed by atoms with Crippen molar-refractivity contribution >= 4 is 11.7 Å². The number of hydrogen-bond donors (Lipinski definition) is 1. The van der Waals surface area contributed by atoms with Gasteiger partial charge in [0.1, 0.15) is 46.9 Å². The van der Waals surface area contributed by atoms with E-state index >= 15 is 0 Å².